The molecule has 0 fully saturated rings. The Hall–Kier alpha value is -1.37. The van der Waals surface area contributed by atoms with Gasteiger partial charge in [-0.1, -0.05) is 19.9 Å². The Morgan fingerprint density at radius 3 is 2.47 bits per heavy atom. The second kappa shape index (κ2) is 3.65. The van der Waals surface area contributed by atoms with Gasteiger partial charge in [-0.05, 0) is 49.1 Å². The molecule has 15 heavy (non-hydrogen) atoms. The first-order valence-corrected chi connectivity index (χ1v) is 5.46. The van der Waals surface area contributed by atoms with E-state index < -0.39 is 0 Å². The van der Waals surface area contributed by atoms with Crippen LogP contribution in [0.2, 0.25) is 0 Å². The van der Waals surface area contributed by atoms with Crippen molar-refractivity contribution in [1.29, 1.82) is 0 Å². The van der Waals surface area contributed by atoms with Crippen LogP contribution in [0.4, 0.5) is 0 Å². The van der Waals surface area contributed by atoms with Crippen LogP contribution >= 0.6 is 0 Å². The van der Waals surface area contributed by atoms with Crippen molar-refractivity contribution in [3.8, 4) is 0 Å². The van der Waals surface area contributed by atoms with Gasteiger partial charge in [0.05, 0.1) is 5.52 Å². The number of fused-ring (bicyclic) bond motifs is 1. The fraction of sp³-hybridized carbons (Fsp3) is 0.357. The third-order valence-electron chi connectivity index (χ3n) is 2.84. The van der Waals surface area contributed by atoms with Gasteiger partial charge in [0.25, 0.3) is 0 Å². The maximum atomic E-state index is 4.54. The number of aryl methyl sites for hydroxylation is 2. The number of aromatic nitrogens is 1. The Balaban J connectivity index is 2.71. The molecule has 0 spiro atoms. The van der Waals surface area contributed by atoms with Crippen molar-refractivity contribution in [1.82, 2.24) is 4.98 Å². The summed E-state index contributed by atoms with van der Waals surface area (Å²) in [5, 5.41) is 1.25. The fourth-order valence-corrected chi connectivity index (χ4v) is 2.02. The van der Waals surface area contributed by atoms with E-state index in [0.29, 0.717) is 5.92 Å². The first-order valence-electron chi connectivity index (χ1n) is 5.46. The summed E-state index contributed by atoms with van der Waals surface area (Å²) in [4.78, 5) is 4.54. The van der Waals surface area contributed by atoms with Crippen molar-refractivity contribution < 1.29 is 0 Å². The van der Waals surface area contributed by atoms with E-state index in [9.17, 15) is 0 Å². The first-order chi connectivity index (χ1) is 7.08. The minimum Gasteiger partial charge on any atom is -0.253 e. The highest BCUT2D eigenvalue weighted by Crippen LogP contribution is 2.24. The molecule has 78 valence electrons. The normalized spacial score (nSPS) is 11.3. The lowest BCUT2D eigenvalue weighted by molar-refractivity contribution is 0.858. The molecule has 1 nitrogen and oxygen atoms in total. The predicted molar refractivity (Wildman–Crippen MR) is 65.3 cm³/mol. The molecule has 0 aliphatic heterocycles. The van der Waals surface area contributed by atoms with E-state index in [1.807, 2.05) is 6.92 Å². The fourth-order valence-electron chi connectivity index (χ4n) is 2.02. The standard InChI is InChI=1S/C14H17N/c1-9(2)13-8-12-6-5-11(4)15-14(12)7-10(13)3/h5-9H,1-4H3. The summed E-state index contributed by atoms with van der Waals surface area (Å²) >= 11 is 0. The molecular weight excluding hydrogens is 182 g/mol. The molecule has 0 aliphatic carbocycles. The number of pyridine rings is 1. The highest BCUT2D eigenvalue weighted by Gasteiger charge is 2.05. The Kier molecular flexibility index (Phi) is 2.47. The maximum Gasteiger partial charge on any atom is 0.0707 e. The molecule has 2 aromatic rings. The second-order valence-corrected chi connectivity index (χ2v) is 4.51. The molecule has 0 aliphatic rings. The van der Waals surface area contributed by atoms with E-state index in [2.05, 4.69) is 50.0 Å². The highest BCUT2D eigenvalue weighted by atomic mass is 14.7. The minimum absolute atomic E-state index is 0.579. The van der Waals surface area contributed by atoms with E-state index in [4.69, 9.17) is 0 Å². The summed E-state index contributed by atoms with van der Waals surface area (Å²) in [7, 11) is 0. The van der Waals surface area contributed by atoms with E-state index >= 15 is 0 Å². The largest absolute Gasteiger partial charge is 0.253 e. The van der Waals surface area contributed by atoms with Gasteiger partial charge in [-0.2, -0.15) is 0 Å². The molecule has 1 heteroatoms. The molecule has 0 saturated heterocycles. The Bertz CT molecular complexity index is 498. The van der Waals surface area contributed by atoms with E-state index in [0.717, 1.165) is 11.2 Å². The van der Waals surface area contributed by atoms with Gasteiger partial charge in [0, 0.05) is 11.1 Å². The summed E-state index contributed by atoms with van der Waals surface area (Å²) in [6.45, 7) is 8.66. The summed E-state index contributed by atoms with van der Waals surface area (Å²) in [6, 6.07) is 8.68. The van der Waals surface area contributed by atoms with Gasteiger partial charge >= 0.3 is 0 Å². The number of rotatable bonds is 1. The third-order valence-corrected chi connectivity index (χ3v) is 2.84. The molecule has 0 amide bonds. The van der Waals surface area contributed by atoms with Crippen LogP contribution in [0, 0.1) is 13.8 Å². The van der Waals surface area contributed by atoms with Gasteiger partial charge in [-0.25, -0.2) is 0 Å². The van der Waals surface area contributed by atoms with E-state index in [1.165, 1.54) is 16.5 Å². The topological polar surface area (TPSA) is 12.9 Å². The predicted octanol–water partition coefficient (Wildman–Crippen LogP) is 3.98. The lowest BCUT2D eigenvalue weighted by Gasteiger charge is -2.11. The molecule has 1 heterocycles. The molecule has 0 unspecified atom stereocenters. The Labute approximate surface area is 91.2 Å². The van der Waals surface area contributed by atoms with Crippen molar-refractivity contribution in [2.75, 3.05) is 0 Å². The molecule has 1 aromatic carbocycles. The zero-order chi connectivity index (χ0) is 11.0. The summed E-state index contributed by atoms with van der Waals surface area (Å²) in [5.74, 6) is 0.579. The van der Waals surface area contributed by atoms with Crippen molar-refractivity contribution >= 4 is 10.9 Å². The van der Waals surface area contributed by atoms with Crippen molar-refractivity contribution in [3.05, 3.63) is 41.1 Å². The van der Waals surface area contributed by atoms with Crippen LogP contribution in [0.3, 0.4) is 0 Å². The van der Waals surface area contributed by atoms with Gasteiger partial charge in [-0.3, -0.25) is 4.98 Å². The second-order valence-electron chi connectivity index (χ2n) is 4.51. The van der Waals surface area contributed by atoms with Crippen LogP contribution in [0.15, 0.2) is 24.3 Å². The van der Waals surface area contributed by atoms with Gasteiger partial charge in [-0.15, -0.1) is 0 Å². The average Bonchev–Trinajstić information content (AvgIpc) is 2.15. The molecule has 0 saturated carbocycles. The maximum absolute atomic E-state index is 4.54. The highest BCUT2D eigenvalue weighted by molar-refractivity contribution is 5.80. The number of nitrogens with zero attached hydrogens (tertiary/aromatic N) is 1. The SMILES string of the molecule is Cc1ccc2cc(C(C)C)c(C)cc2n1. The Morgan fingerprint density at radius 1 is 1.07 bits per heavy atom. The van der Waals surface area contributed by atoms with E-state index in [-0.39, 0.29) is 0 Å². The van der Waals surface area contributed by atoms with Crippen LogP contribution in [0.25, 0.3) is 10.9 Å². The van der Waals surface area contributed by atoms with E-state index in [1.54, 1.807) is 0 Å². The molecule has 2 rings (SSSR count). The number of hydrogen-bond donors (Lipinski definition) is 0. The van der Waals surface area contributed by atoms with Gasteiger partial charge < -0.3 is 0 Å². The molecule has 0 atom stereocenters. The third kappa shape index (κ3) is 1.87. The average molecular weight is 199 g/mol. The lowest BCUT2D eigenvalue weighted by atomic mass is 9.96. The van der Waals surface area contributed by atoms with Crippen LogP contribution in [0.5, 0.6) is 0 Å². The molecule has 0 bridgehead atoms. The van der Waals surface area contributed by atoms with Crippen LogP contribution in [-0.4, -0.2) is 4.98 Å². The molecule has 1 aromatic heterocycles. The van der Waals surface area contributed by atoms with Gasteiger partial charge in [0.15, 0.2) is 0 Å². The van der Waals surface area contributed by atoms with Crippen LogP contribution < -0.4 is 0 Å². The minimum atomic E-state index is 0.579. The lowest BCUT2D eigenvalue weighted by Crippen LogP contribution is -1.93. The zero-order valence-electron chi connectivity index (χ0n) is 9.83. The summed E-state index contributed by atoms with van der Waals surface area (Å²) in [6.07, 6.45) is 0. The van der Waals surface area contributed by atoms with Crippen molar-refractivity contribution in [2.45, 2.75) is 33.6 Å². The molecular formula is C14H17N. The van der Waals surface area contributed by atoms with Gasteiger partial charge in [0.2, 0.25) is 0 Å². The zero-order valence-corrected chi connectivity index (χ0v) is 9.83. The van der Waals surface area contributed by atoms with Crippen molar-refractivity contribution in [3.63, 3.8) is 0 Å². The molecule has 0 N–H and O–H groups in total. The number of hydrogen-bond acceptors (Lipinski definition) is 1. The van der Waals surface area contributed by atoms with Crippen LogP contribution in [0.1, 0.15) is 36.6 Å². The first kappa shape index (κ1) is 10.2. The smallest absolute Gasteiger partial charge is 0.0707 e. The van der Waals surface area contributed by atoms with Crippen molar-refractivity contribution in [2.24, 2.45) is 0 Å². The van der Waals surface area contributed by atoms with Crippen LogP contribution in [-0.2, 0) is 0 Å². The molecule has 0 radical (unpaired) electrons. The quantitative estimate of drug-likeness (QED) is 0.677. The Morgan fingerprint density at radius 2 is 1.80 bits per heavy atom. The number of benzene rings is 1. The summed E-state index contributed by atoms with van der Waals surface area (Å²) < 4.78 is 0. The summed E-state index contributed by atoms with van der Waals surface area (Å²) in [5.41, 5.74) is 4.96. The monoisotopic (exact) mass is 199 g/mol. The van der Waals surface area contributed by atoms with Gasteiger partial charge in [0.1, 0.15) is 0 Å².